The third-order valence-corrected chi connectivity index (χ3v) is 4.90. The highest BCUT2D eigenvalue weighted by atomic mass is 16.5. The van der Waals surface area contributed by atoms with Crippen LogP contribution in [0, 0.1) is 0 Å². The number of nitrogens with one attached hydrogen (secondary N) is 1. The van der Waals surface area contributed by atoms with Gasteiger partial charge in [-0.2, -0.15) is 0 Å². The van der Waals surface area contributed by atoms with Gasteiger partial charge in [0, 0.05) is 38.8 Å². The van der Waals surface area contributed by atoms with Crippen molar-refractivity contribution >= 4 is 11.7 Å². The molecule has 0 atom stereocenters. The average molecular weight is 385 g/mol. The van der Waals surface area contributed by atoms with Gasteiger partial charge in [-0.1, -0.05) is 12.1 Å². The maximum atomic E-state index is 12.5. The number of ether oxygens (including phenoxy) is 3. The molecule has 3 rings (SSSR count). The number of carbonyl (C=O) groups excluding carboxylic acids is 1. The smallest absolute Gasteiger partial charge is 0.317 e. The van der Waals surface area contributed by atoms with E-state index < -0.39 is 0 Å². The van der Waals surface area contributed by atoms with Crippen molar-refractivity contribution in [3.05, 3.63) is 48.0 Å². The van der Waals surface area contributed by atoms with Gasteiger partial charge in [0.1, 0.15) is 17.2 Å². The Morgan fingerprint density at radius 2 is 1.54 bits per heavy atom. The molecule has 2 amide bonds. The van der Waals surface area contributed by atoms with E-state index >= 15 is 0 Å². The quantitative estimate of drug-likeness (QED) is 0.828. The van der Waals surface area contributed by atoms with Crippen LogP contribution in [0.15, 0.2) is 42.5 Å². The normalized spacial score (nSPS) is 13.8. The van der Waals surface area contributed by atoms with Crippen molar-refractivity contribution in [2.24, 2.45) is 0 Å². The van der Waals surface area contributed by atoms with Crippen molar-refractivity contribution in [1.82, 2.24) is 10.2 Å². The fourth-order valence-electron chi connectivity index (χ4n) is 3.23. The first-order valence-corrected chi connectivity index (χ1v) is 9.27. The zero-order valence-electron chi connectivity index (χ0n) is 16.6. The Balaban J connectivity index is 1.54. The average Bonchev–Trinajstić information content (AvgIpc) is 2.77. The van der Waals surface area contributed by atoms with Crippen LogP contribution in [0.1, 0.15) is 5.56 Å². The van der Waals surface area contributed by atoms with E-state index in [0.717, 1.165) is 41.6 Å². The lowest BCUT2D eigenvalue weighted by molar-refractivity contribution is 0.194. The molecule has 150 valence electrons. The van der Waals surface area contributed by atoms with E-state index in [4.69, 9.17) is 14.2 Å². The lowest BCUT2D eigenvalue weighted by atomic mass is 10.2. The van der Waals surface area contributed by atoms with Gasteiger partial charge in [0.15, 0.2) is 0 Å². The van der Waals surface area contributed by atoms with Crippen molar-refractivity contribution < 1.29 is 19.0 Å². The first-order chi connectivity index (χ1) is 13.6. The predicted octanol–water partition coefficient (Wildman–Crippen LogP) is 2.74. The van der Waals surface area contributed by atoms with Gasteiger partial charge in [0.25, 0.3) is 0 Å². The van der Waals surface area contributed by atoms with E-state index in [-0.39, 0.29) is 6.03 Å². The highest BCUT2D eigenvalue weighted by molar-refractivity contribution is 5.74. The second-order valence-electron chi connectivity index (χ2n) is 6.52. The van der Waals surface area contributed by atoms with Gasteiger partial charge in [-0.15, -0.1) is 0 Å². The maximum Gasteiger partial charge on any atom is 0.317 e. The molecule has 1 aliphatic heterocycles. The number of nitrogens with zero attached hydrogens (tertiary/aromatic N) is 2. The highest BCUT2D eigenvalue weighted by Gasteiger charge is 2.23. The standard InChI is InChI=1S/C21H27N3O4/c1-26-17-6-4-16(5-7-17)15-22-21(25)24-12-10-23(11-13-24)19-14-18(27-2)8-9-20(19)28-3/h4-9,14H,10-13,15H2,1-3H3,(H,22,25). The van der Waals surface area contributed by atoms with Crippen LogP contribution in [0.2, 0.25) is 0 Å². The van der Waals surface area contributed by atoms with Gasteiger partial charge in [-0.05, 0) is 29.8 Å². The Morgan fingerprint density at radius 3 is 2.14 bits per heavy atom. The summed E-state index contributed by atoms with van der Waals surface area (Å²) in [6.07, 6.45) is 0. The van der Waals surface area contributed by atoms with E-state index in [2.05, 4.69) is 10.2 Å². The van der Waals surface area contributed by atoms with Crippen LogP contribution >= 0.6 is 0 Å². The molecular formula is C21H27N3O4. The van der Waals surface area contributed by atoms with Crippen LogP contribution in [0.25, 0.3) is 0 Å². The van der Waals surface area contributed by atoms with Gasteiger partial charge in [-0.3, -0.25) is 0 Å². The molecule has 1 fully saturated rings. The Hall–Kier alpha value is -3.09. The van der Waals surface area contributed by atoms with Crippen molar-refractivity contribution in [2.75, 3.05) is 52.4 Å². The van der Waals surface area contributed by atoms with Gasteiger partial charge in [-0.25, -0.2) is 4.79 Å². The number of piperazine rings is 1. The van der Waals surface area contributed by atoms with Crippen LogP contribution < -0.4 is 24.4 Å². The first-order valence-electron chi connectivity index (χ1n) is 9.27. The molecule has 2 aromatic carbocycles. The molecule has 0 aromatic heterocycles. The fraction of sp³-hybridized carbons (Fsp3) is 0.381. The lowest BCUT2D eigenvalue weighted by Crippen LogP contribution is -2.51. The third kappa shape index (κ3) is 4.60. The molecule has 0 bridgehead atoms. The number of methoxy groups -OCH3 is 3. The van der Waals surface area contributed by atoms with E-state index in [1.807, 2.05) is 47.4 Å². The largest absolute Gasteiger partial charge is 0.497 e. The molecule has 1 aliphatic rings. The monoisotopic (exact) mass is 385 g/mol. The minimum Gasteiger partial charge on any atom is -0.497 e. The van der Waals surface area contributed by atoms with Gasteiger partial charge < -0.3 is 29.3 Å². The summed E-state index contributed by atoms with van der Waals surface area (Å²) in [4.78, 5) is 16.5. The number of carbonyl (C=O) groups is 1. The highest BCUT2D eigenvalue weighted by Crippen LogP contribution is 2.32. The number of amides is 2. The molecule has 2 aromatic rings. The van der Waals surface area contributed by atoms with Gasteiger partial charge >= 0.3 is 6.03 Å². The summed E-state index contributed by atoms with van der Waals surface area (Å²) in [5.74, 6) is 2.40. The topological polar surface area (TPSA) is 63.3 Å². The van der Waals surface area contributed by atoms with E-state index in [0.29, 0.717) is 19.6 Å². The number of anilines is 1. The van der Waals surface area contributed by atoms with Crippen LogP contribution in [-0.4, -0.2) is 58.4 Å². The third-order valence-electron chi connectivity index (χ3n) is 4.90. The zero-order valence-corrected chi connectivity index (χ0v) is 16.6. The Labute approximate surface area is 165 Å². The maximum absolute atomic E-state index is 12.5. The molecule has 1 heterocycles. The number of urea groups is 1. The second kappa shape index (κ2) is 9.21. The minimum absolute atomic E-state index is 0.0481. The number of hydrogen-bond donors (Lipinski definition) is 1. The van der Waals surface area contributed by atoms with Crippen LogP contribution in [0.5, 0.6) is 17.2 Å². The van der Waals surface area contributed by atoms with E-state index in [9.17, 15) is 4.79 Å². The van der Waals surface area contributed by atoms with Gasteiger partial charge in [0.2, 0.25) is 0 Å². The minimum atomic E-state index is -0.0481. The Kier molecular flexibility index (Phi) is 6.47. The summed E-state index contributed by atoms with van der Waals surface area (Å²) in [5.41, 5.74) is 2.02. The number of hydrogen-bond acceptors (Lipinski definition) is 5. The van der Waals surface area contributed by atoms with Crippen molar-refractivity contribution in [1.29, 1.82) is 0 Å². The summed E-state index contributed by atoms with van der Waals surface area (Å²) >= 11 is 0. The molecule has 1 N–H and O–H groups in total. The molecule has 7 nitrogen and oxygen atoms in total. The zero-order chi connectivity index (χ0) is 19.9. The Morgan fingerprint density at radius 1 is 0.893 bits per heavy atom. The van der Waals surface area contributed by atoms with E-state index in [1.165, 1.54) is 0 Å². The van der Waals surface area contributed by atoms with Crippen molar-refractivity contribution in [3.63, 3.8) is 0 Å². The summed E-state index contributed by atoms with van der Waals surface area (Å²) in [7, 11) is 4.95. The van der Waals surface area contributed by atoms with Crippen molar-refractivity contribution in [3.8, 4) is 17.2 Å². The Bertz CT molecular complexity index is 787. The molecule has 1 saturated heterocycles. The van der Waals surface area contributed by atoms with E-state index in [1.54, 1.807) is 21.3 Å². The molecule has 0 saturated carbocycles. The molecular weight excluding hydrogens is 358 g/mol. The van der Waals surface area contributed by atoms with Gasteiger partial charge in [0.05, 0.1) is 27.0 Å². The summed E-state index contributed by atoms with van der Waals surface area (Å²) < 4.78 is 16.0. The molecule has 28 heavy (non-hydrogen) atoms. The number of benzene rings is 2. The summed E-state index contributed by atoms with van der Waals surface area (Å²) in [6.45, 7) is 3.26. The summed E-state index contributed by atoms with van der Waals surface area (Å²) in [6, 6.07) is 13.4. The molecule has 0 aliphatic carbocycles. The summed E-state index contributed by atoms with van der Waals surface area (Å²) in [5, 5.41) is 2.98. The predicted molar refractivity (Wildman–Crippen MR) is 109 cm³/mol. The van der Waals surface area contributed by atoms with Crippen LogP contribution in [-0.2, 0) is 6.54 Å². The molecule has 7 heteroatoms. The van der Waals surface area contributed by atoms with Crippen LogP contribution in [0.3, 0.4) is 0 Å². The van der Waals surface area contributed by atoms with Crippen molar-refractivity contribution in [2.45, 2.75) is 6.54 Å². The molecule has 0 spiro atoms. The lowest BCUT2D eigenvalue weighted by Gasteiger charge is -2.36. The number of rotatable bonds is 6. The molecule has 0 radical (unpaired) electrons. The molecule has 0 unspecified atom stereocenters. The second-order valence-corrected chi connectivity index (χ2v) is 6.52. The fourth-order valence-corrected chi connectivity index (χ4v) is 3.23. The first kappa shape index (κ1) is 19.7. The SMILES string of the molecule is COc1ccc(CNC(=O)N2CCN(c3cc(OC)ccc3OC)CC2)cc1. The van der Waals surface area contributed by atoms with Crippen LogP contribution in [0.4, 0.5) is 10.5 Å².